The van der Waals surface area contributed by atoms with Crippen LogP contribution in [0.2, 0.25) is 0 Å². The summed E-state index contributed by atoms with van der Waals surface area (Å²) in [5, 5.41) is 0. The van der Waals surface area contributed by atoms with Crippen molar-refractivity contribution >= 4 is 22.6 Å². The molecule has 0 atom stereocenters. The molecule has 0 fully saturated rings. The monoisotopic (exact) mass is 362 g/mol. The van der Waals surface area contributed by atoms with Gasteiger partial charge in [-0.2, -0.15) is 0 Å². The number of carbonyl (C=O) groups is 1. The lowest BCUT2D eigenvalue weighted by molar-refractivity contribution is 0.111. The molecule has 0 saturated heterocycles. The van der Waals surface area contributed by atoms with E-state index in [2.05, 4.69) is 6.92 Å². The van der Waals surface area contributed by atoms with Crippen molar-refractivity contribution in [3.8, 4) is 34.0 Å². The second-order valence-corrected chi connectivity index (χ2v) is 7.20. The molecular formula is C20H14N2O3S. The van der Waals surface area contributed by atoms with E-state index in [1.807, 2.05) is 52.9 Å². The van der Waals surface area contributed by atoms with Crippen molar-refractivity contribution in [1.29, 1.82) is 0 Å². The van der Waals surface area contributed by atoms with Gasteiger partial charge in [-0.05, 0) is 30.7 Å². The predicted octanol–water partition coefficient (Wildman–Crippen LogP) is 4.58. The van der Waals surface area contributed by atoms with Crippen LogP contribution >= 0.6 is 11.3 Å². The van der Waals surface area contributed by atoms with E-state index in [1.165, 1.54) is 0 Å². The Morgan fingerprint density at radius 2 is 1.88 bits per heavy atom. The molecular weight excluding hydrogens is 348 g/mol. The van der Waals surface area contributed by atoms with Crippen LogP contribution in [0.3, 0.4) is 0 Å². The fraction of sp³-hybridized carbons (Fsp3) is 0.100. The average Bonchev–Trinajstić information content (AvgIpc) is 3.34. The average molecular weight is 362 g/mol. The topological polar surface area (TPSA) is 52.8 Å². The van der Waals surface area contributed by atoms with E-state index in [9.17, 15) is 4.79 Å². The number of hydrogen-bond donors (Lipinski definition) is 0. The minimum absolute atomic E-state index is 0.217. The molecule has 0 aliphatic carbocycles. The van der Waals surface area contributed by atoms with Gasteiger partial charge in [0.1, 0.15) is 11.4 Å². The molecule has 6 heteroatoms. The van der Waals surface area contributed by atoms with Crippen LogP contribution in [0, 0.1) is 6.92 Å². The summed E-state index contributed by atoms with van der Waals surface area (Å²) < 4.78 is 12.8. The number of ether oxygens (including phenoxy) is 2. The number of aryl methyl sites for hydroxylation is 1. The van der Waals surface area contributed by atoms with Gasteiger partial charge in [0, 0.05) is 10.4 Å². The molecule has 128 valence electrons. The van der Waals surface area contributed by atoms with E-state index in [0.29, 0.717) is 22.9 Å². The van der Waals surface area contributed by atoms with Gasteiger partial charge in [-0.3, -0.25) is 9.20 Å². The fourth-order valence-electron chi connectivity index (χ4n) is 3.33. The highest BCUT2D eigenvalue weighted by molar-refractivity contribution is 7.17. The van der Waals surface area contributed by atoms with E-state index in [4.69, 9.17) is 14.5 Å². The maximum atomic E-state index is 12.0. The standard InChI is InChI=1S/C20H14N2O3S/c1-12-19(13-5-3-2-4-6-13)22-15(10-23)18(21-20(22)26-12)14-7-8-16-17(9-14)25-11-24-16/h2-10H,11H2,1H3. The molecule has 26 heavy (non-hydrogen) atoms. The minimum Gasteiger partial charge on any atom is -0.454 e. The van der Waals surface area contributed by atoms with E-state index in [0.717, 1.165) is 32.9 Å². The summed E-state index contributed by atoms with van der Waals surface area (Å²) in [4.78, 5) is 18.7. The molecule has 0 unspecified atom stereocenters. The maximum absolute atomic E-state index is 12.0. The molecule has 3 heterocycles. The zero-order valence-corrected chi connectivity index (χ0v) is 14.7. The molecule has 2 aromatic heterocycles. The SMILES string of the molecule is Cc1sc2nc(-c3ccc4c(c3)OCO4)c(C=O)n2c1-c1ccccc1. The van der Waals surface area contributed by atoms with Crippen molar-refractivity contribution in [2.75, 3.05) is 6.79 Å². The highest BCUT2D eigenvalue weighted by Crippen LogP contribution is 2.39. The van der Waals surface area contributed by atoms with Gasteiger partial charge in [-0.1, -0.05) is 30.3 Å². The Bertz CT molecular complexity index is 1150. The van der Waals surface area contributed by atoms with E-state index >= 15 is 0 Å². The third-order valence-corrected chi connectivity index (χ3v) is 5.44. The third kappa shape index (κ3) is 2.16. The van der Waals surface area contributed by atoms with Crippen LogP contribution in [0.4, 0.5) is 0 Å². The number of rotatable bonds is 3. The number of benzene rings is 2. The van der Waals surface area contributed by atoms with Crippen LogP contribution in [0.1, 0.15) is 15.4 Å². The van der Waals surface area contributed by atoms with Crippen molar-refractivity contribution in [3.63, 3.8) is 0 Å². The molecule has 5 rings (SSSR count). The molecule has 2 aromatic carbocycles. The molecule has 0 saturated carbocycles. The van der Waals surface area contributed by atoms with E-state index < -0.39 is 0 Å². The lowest BCUT2D eigenvalue weighted by atomic mass is 10.1. The zero-order chi connectivity index (χ0) is 17.7. The summed E-state index contributed by atoms with van der Waals surface area (Å²) in [6.45, 7) is 2.27. The van der Waals surface area contributed by atoms with Crippen molar-refractivity contribution in [3.05, 3.63) is 59.1 Å². The normalized spacial score (nSPS) is 12.7. The summed E-state index contributed by atoms with van der Waals surface area (Å²) in [6.07, 6.45) is 0.874. The summed E-state index contributed by atoms with van der Waals surface area (Å²) in [5.74, 6) is 1.39. The molecule has 0 amide bonds. The highest BCUT2D eigenvalue weighted by atomic mass is 32.1. The number of hydrogen-bond acceptors (Lipinski definition) is 5. The second kappa shape index (κ2) is 5.71. The molecule has 0 N–H and O–H groups in total. The third-order valence-electron chi connectivity index (χ3n) is 4.49. The Kier molecular flexibility index (Phi) is 3.33. The van der Waals surface area contributed by atoms with Gasteiger partial charge >= 0.3 is 0 Å². The Morgan fingerprint density at radius 1 is 1.08 bits per heavy atom. The summed E-state index contributed by atoms with van der Waals surface area (Å²) in [6, 6.07) is 15.7. The lowest BCUT2D eigenvalue weighted by Gasteiger charge is -2.05. The van der Waals surface area contributed by atoms with Gasteiger partial charge in [0.2, 0.25) is 6.79 Å². The predicted molar refractivity (Wildman–Crippen MR) is 100 cm³/mol. The number of fused-ring (bicyclic) bond motifs is 2. The van der Waals surface area contributed by atoms with Gasteiger partial charge in [-0.25, -0.2) is 4.98 Å². The van der Waals surface area contributed by atoms with Gasteiger partial charge < -0.3 is 9.47 Å². The van der Waals surface area contributed by atoms with Gasteiger partial charge in [-0.15, -0.1) is 11.3 Å². The van der Waals surface area contributed by atoms with Crippen molar-refractivity contribution in [2.24, 2.45) is 0 Å². The highest BCUT2D eigenvalue weighted by Gasteiger charge is 2.22. The Balaban J connectivity index is 1.76. The van der Waals surface area contributed by atoms with Crippen molar-refractivity contribution < 1.29 is 14.3 Å². The Hall–Kier alpha value is -3.12. The number of nitrogens with zero attached hydrogens (tertiary/aromatic N) is 2. The second-order valence-electron chi connectivity index (χ2n) is 6.02. The largest absolute Gasteiger partial charge is 0.454 e. The van der Waals surface area contributed by atoms with Crippen LogP contribution in [-0.2, 0) is 0 Å². The van der Waals surface area contributed by atoms with E-state index in [1.54, 1.807) is 11.3 Å². The van der Waals surface area contributed by atoms with E-state index in [-0.39, 0.29) is 6.79 Å². The molecule has 1 aliphatic rings. The van der Waals surface area contributed by atoms with Gasteiger partial charge in [0.15, 0.2) is 22.7 Å². The zero-order valence-electron chi connectivity index (χ0n) is 13.9. The molecule has 0 bridgehead atoms. The molecule has 4 aromatic rings. The number of thiazole rings is 1. The number of carbonyl (C=O) groups excluding carboxylic acids is 1. The number of aldehydes is 1. The minimum atomic E-state index is 0.217. The Morgan fingerprint density at radius 3 is 2.69 bits per heavy atom. The lowest BCUT2D eigenvalue weighted by Crippen LogP contribution is -1.95. The van der Waals surface area contributed by atoms with Crippen molar-refractivity contribution in [2.45, 2.75) is 6.92 Å². The van der Waals surface area contributed by atoms with Crippen LogP contribution in [0.25, 0.3) is 27.5 Å². The summed E-state index contributed by atoms with van der Waals surface area (Å²) in [5.41, 5.74) is 4.11. The first-order chi connectivity index (χ1) is 12.8. The maximum Gasteiger partial charge on any atom is 0.231 e. The van der Waals surface area contributed by atoms with Crippen LogP contribution in [0.15, 0.2) is 48.5 Å². The Labute approximate surface area is 153 Å². The van der Waals surface area contributed by atoms with Crippen LogP contribution in [0.5, 0.6) is 11.5 Å². The molecule has 5 nitrogen and oxygen atoms in total. The first-order valence-corrected chi connectivity index (χ1v) is 9.00. The molecule has 0 radical (unpaired) electrons. The first-order valence-electron chi connectivity index (χ1n) is 8.18. The smallest absolute Gasteiger partial charge is 0.231 e. The molecule has 1 aliphatic heterocycles. The summed E-state index contributed by atoms with van der Waals surface area (Å²) in [7, 11) is 0. The molecule has 0 spiro atoms. The van der Waals surface area contributed by atoms with Crippen LogP contribution in [-0.4, -0.2) is 22.5 Å². The first kappa shape index (κ1) is 15.2. The summed E-state index contributed by atoms with van der Waals surface area (Å²) >= 11 is 1.58. The van der Waals surface area contributed by atoms with Gasteiger partial charge in [0.25, 0.3) is 0 Å². The number of aromatic nitrogens is 2. The van der Waals surface area contributed by atoms with Crippen LogP contribution < -0.4 is 9.47 Å². The number of imidazole rings is 1. The quantitative estimate of drug-likeness (QED) is 0.501. The van der Waals surface area contributed by atoms with Crippen molar-refractivity contribution in [1.82, 2.24) is 9.38 Å². The van der Waals surface area contributed by atoms with Gasteiger partial charge in [0.05, 0.1) is 5.69 Å². The fourth-order valence-corrected chi connectivity index (χ4v) is 4.33.